The molecule has 2 aliphatic rings. The summed E-state index contributed by atoms with van der Waals surface area (Å²) in [5.74, 6) is 0.656. The van der Waals surface area contributed by atoms with Crippen LogP contribution in [0.4, 0.5) is 4.79 Å². The third-order valence-electron chi connectivity index (χ3n) is 9.11. The van der Waals surface area contributed by atoms with Crippen molar-refractivity contribution >= 4 is 28.5 Å². The monoisotopic (exact) mass is 639 g/mol. The zero-order chi connectivity index (χ0) is 30.1. The van der Waals surface area contributed by atoms with E-state index in [4.69, 9.17) is 4.74 Å². The maximum Gasteiger partial charge on any atom is 0.410 e. The lowest BCUT2D eigenvalue weighted by Crippen LogP contribution is -2.50. The zero-order valence-corrected chi connectivity index (χ0v) is 27.3. The predicted molar refractivity (Wildman–Crippen MR) is 177 cm³/mol. The molecule has 1 saturated carbocycles. The highest BCUT2D eigenvalue weighted by atomic mass is 35.5. The van der Waals surface area contributed by atoms with Crippen LogP contribution in [0.2, 0.25) is 0 Å². The summed E-state index contributed by atoms with van der Waals surface area (Å²) >= 11 is 0. The molecule has 44 heavy (non-hydrogen) atoms. The van der Waals surface area contributed by atoms with Gasteiger partial charge in [-0.1, -0.05) is 85.3 Å². The van der Waals surface area contributed by atoms with Crippen molar-refractivity contribution in [2.45, 2.75) is 62.0 Å². The third-order valence-corrected chi connectivity index (χ3v) is 10.9. The van der Waals surface area contributed by atoms with Gasteiger partial charge in [-0.15, -0.1) is 12.4 Å². The number of carbonyl (C=O) groups is 1. The quantitative estimate of drug-likeness (QED) is 0.206. The van der Waals surface area contributed by atoms with E-state index < -0.39 is 10.0 Å². The summed E-state index contributed by atoms with van der Waals surface area (Å²) < 4.78 is 33.8. The Kier molecular flexibility index (Phi) is 12.7. The summed E-state index contributed by atoms with van der Waals surface area (Å²) in [6.07, 6.45) is 6.14. The Morgan fingerprint density at radius 3 is 2.07 bits per heavy atom. The fourth-order valence-corrected chi connectivity index (χ4v) is 7.43. The van der Waals surface area contributed by atoms with Crippen LogP contribution in [0.15, 0.2) is 95.9 Å². The van der Waals surface area contributed by atoms with Gasteiger partial charge in [0, 0.05) is 39.3 Å². The number of nitrogens with zero attached hydrogens (tertiary/aromatic N) is 3. The SMILES string of the molecule is CN(CC(CCN1CCC(N(CC2CCC2)C(=O)OCc2ccccc2)CC1)c1ccccc1)S(=O)(=O)c1ccccc1.Cl. The van der Waals surface area contributed by atoms with Gasteiger partial charge in [-0.25, -0.2) is 17.5 Å². The molecule has 0 spiro atoms. The second kappa shape index (κ2) is 16.4. The smallest absolute Gasteiger partial charge is 0.410 e. The van der Waals surface area contributed by atoms with E-state index in [1.165, 1.54) is 23.6 Å². The standard InChI is InChI=1S/C35H45N3O4S.ClH/c1-36(43(40,41)34-18-9-4-10-19-34)27-32(31-16-7-3-8-17-31)20-23-37-24-21-33(22-25-37)38(26-29-14-11-15-29)35(39)42-28-30-12-5-2-6-13-30;/h2-10,12-13,16-19,29,32-33H,11,14-15,20-28H2,1H3;1H. The van der Waals surface area contributed by atoms with E-state index in [0.29, 0.717) is 24.0 Å². The molecular formula is C35H46ClN3O4S. The summed E-state index contributed by atoms with van der Waals surface area (Å²) in [5, 5.41) is 0. The predicted octanol–water partition coefficient (Wildman–Crippen LogP) is 6.81. The van der Waals surface area contributed by atoms with E-state index in [2.05, 4.69) is 17.0 Å². The van der Waals surface area contributed by atoms with Crippen LogP contribution < -0.4 is 0 Å². The number of piperidine rings is 1. The van der Waals surface area contributed by atoms with Crippen LogP contribution >= 0.6 is 12.4 Å². The van der Waals surface area contributed by atoms with Crippen LogP contribution in [-0.4, -0.2) is 74.4 Å². The van der Waals surface area contributed by atoms with Gasteiger partial charge in [0.1, 0.15) is 6.61 Å². The van der Waals surface area contributed by atoms with Gasteiger partial charge >= 0.3 is 6.09 Å². The number of hydrogen-bond donors (Lipinski definition) is 0. The normalized spacial score (nSPS) is 17.0. The number of likely N-dealkylation sites (N-methyl/N-ethyl adjacent to an activating group) is 1. The Morgan fingerprint density at radius 2 is 1.48 bits per heavy atom. The summed E-state index contributed by atoms with van der Waals surface area (Å²) in [5.41, 5.74) is 2.16. The summed E-state index contributed by atoms with van der Waals surface area (Å²) in [7, 11) is -1.89. The Morgan fingerprint density at radius 1 is 0.886 bits per heavy atom. The summed E-state index contributed by atoms with van der Waals surface area (Å²) in [6, 6.07) is 28.9. The molecule has 7 nitrogen and oxygen atoms in total. The van der Waals surface area contributed by atoms with Crippen molar-refractivity contribution in [1.29, 1.82) is 0 Å². The van der Waals surface area contributed by atoms with Crippen LogP contribution in [0.3, 0.4) is 0 Å². The zero-order valence-electron chi connectivity index (χ0n) is 25.7. The number of halogens is 1. The molecule has 3 aromatic carbocycles. The van der Waals surface area contributed by atoms with Gasteiger partial charge in [0.25, 0.3) is 0 Å². The van der Waals surface area contributed by atoms with Crippen molar-refractivity contribution in [2.75, 3.05) is 39.8 Å². The molecule has 9 heteroatoms. The molecule has 1 amide bonds. The average Bonchev–Trinajstić information content (AvgIpc) is 3.03. The summed E-state index contributed by atoms with van der Waals surface area (Å²) in [4.78, 5) is 18.1. The second-order valence-electron chi connectivity index (χ2n) is 12.1. The lowest BCUT2D eigenvalue weighted by Gasteiger charge is -2.41. The molecule has 1 unspecified atom stereocenters. The Hall–Kier alpha value is -2.91. The van der Waals surface area contributed by atoms with Gasteiger partial charge < -0.3 is 14.5 Å². The number of sulfonamides is 1. The van der Waals surface area contributed by atoms with E-state index in [1.54, 1.807) is 31.3 Å². The Balaban J connectivity index is 0.00000442. The van der Waals surface area contributed by atoms with Gasteiger partial charge in [0.15, 0.2) is 0 Å². The van der Waals surface area contributed by atoms with E-state index in [0.717, 1.165) is 56.6 Å². The van der Waals surface area contributed by atoms with Crippen molar-refractivity contribution < 1.29 is 17.9 Å². The van der Waals surface area contributed by atoms with Crippen LogP contribution in [0.1, 0.15) is 55.6 Å². The largest absolute Gasteiger partial charge is 0.445 e. The lowest BCUT2D eigenvalue weighted by atomic mass is 9.84. The minimum atomic E-state index is -3.57. The number of carbonyl (C=O) groups excluding carboxylic acids is 1. The molecule has 3 aromatic rings. The van der Waals surface area contributed by atoms with Gasteiger partial charge in [-0.05, 0) is 73.7 Å². The number of benzene rings is 3. The highest BCUT2D eigenvalue weighted by Crippen LogP contribution is 2.30. The maximum atomic E-state index is 13.3. The van der Waals surface area contributed by atoms with Gasteiger partial charge in [0.2, 0.25) is 10.0 Å². The molecule has 1 aliphatic carbocycles. The van der Waals surface area contributed by atoms with Crippen LogP contribution in [0.5, 0.6) is 0 Å². The van der Waals surface area contributed by atoms with Crippen LogP contribution in [0.25, 0.3) is 0 Å². The van der Waals surface area contributed by atoms with Crippen molar-refractivity contribution in [1.82, 2.24) is 14.1 Å². The van der Waals surface area contributed by atoms with E-state index in [9.17, 15) is 13.2 Å². The fourth-order valence-electron chi connectivity index (χ4n) is 6.19. The number of ether oxygens (including phenoxy) is 1. The minimum absolute atomic E-state index is 0. The highest BCUT2D eigenvalue weighted by molar-refractivity contribution is 7.89. The number of hydrogen-bond acceptors (Lipinski definition) is 5. The molecule has 1 saturated heterocycles. The van der Waals surface area contributed by atoms with Crippen LogP contribution in [0, 0.1) is 5.92 Å². The van der Waals surface area contributed by atoms with Gasteiger partial charge in [-0.2, -0.15) is 0 Å². The molecule has 2 fully saturated rings. The van der Waals surface area contributed by atoms with Gasteiger partial charge in [0.05, 0.1) is 4.90 Å². The van der Waals surface area contributed by atoms with Crippen molar-refractivity contribution in [3.63, 3.8) is 0 Å². The first-order chi connectivity index (χ1) is 20.9. The first-order valence-electron chi connectivity index (χ1n) is 15.7. The lowest BCUT2D eigenvalue weighted by molar-refractivity contribution is 0.0456. The van der Waals surface area contributed by atoms with Crippen molar-refractivity contribution in [2.24, 2.45) is 5.92 Å². The average molecular weight is 640 g/mol. The molecule has 0 radical (unpaired) electrons. The molecule has 0 bridgehead atoms. The Labute approximate surface area is 269 Å². The molecule has 1 atom stereocenters. The van der Waals surface area contributed by atoms with Crippen LogP contribution in [-0.2, 0) is 21.4 Å². The maximum absolute atomic E-state index is 13.3. The molecule has 1 heterocycles. The van der Waals surface area contributed by atoms with E-state index >= 15 is 0 Å². The highest BCUT2D eigenvalue weighted by Gasteiger charge is 2.33. The fraction of sp³-hybridized carbons (Fsp3) is 0.457. The molecule has 238 valence electrons. The number of amides is 1. The molecule has 5 rings (SSSR count). The first-order valence-corrected chi connectivity index (χ1v) is 17.1. The first kappa shape index (κ1) is 34.0. The van der Waals surface area contributed by atoms with E-state index in [-0.39, 0.29) is 30.5 Å². The van der Waals surface area contributed by atoms with Crippen molar-refractivity contribution in [3.05, 3.63) is 102 Å². The summed E-state index contributed by atoms with van der Waals surface area (Å²) in [6.45, 7) is 4.22. The Bertz CT molecular complexity index is 1380. The second-order valence-corrected chi connectivity index (χ2v) is 14.1. The molecular weight excluding hydrogens is 594 g/mol. The third kappa shape index (κ3) is 9.07. The van der Waals surface area contributed by atoms with Gasteiger partial charge in [-0.3, -0.25) is 0 Å². The van der Waals surface area contributed by atoms with Crippen molar-refractivity contribution in [3.8, 4) is 0 Å². The number of rotatable bonds is 13. The minimum Gasteiger partial charge on any atom is -0.445 e. The molecule has 0 aromatic heterocycles. The topological polar surface area (TPSA) is 70.2 Å². The van der Waals surface area contributed by atoms with E-state index in [1.807, 2.05) is 59.5 Å². The molecule has 1 aliphatic heterocycles. The number of likely N-dealkylation sites (tertiary alicyclic amines) is 1. The molecule has 0 N–H and O–H groups in total.